The van der Waals surface area contributed by atoms with Crippen LogP contribution in [0.25, 0.3) is 0 Å². The Morgan fingerprint density at radius 2 is 2.04 bits per heavy atom. The quantitative estimate of drug-likeness (QED) is 0.410. The first-order valence-corrected chi connectivity index (χ1v) is 9.09. The Balaban J connectivity index is 0.00000192. The van der Waals surface area contributed by atoms with Gasteiger partial charge in [0.15, 0.2) is 5.96 Å². The molecule has 1 atom stereocenters. The lowest BCUT2D eigenvalue weighted by atomic mass is 9.96. The SMILES string of the molecule is CN=C(NCC1CCCS1)NCC1(c2ccc(F)cc2)CC1.I. The highest BCUT2D eigenvalue weighted by molar-refractivity contribution is 14.0. The molecule has 3 nitrogen and oxygen atoms in total. The highest BCUT2D eigenvalue weighted by Crippen LogP contribution is 2.47. The molecule has 23 heavy (non-hydrogen) atoms. The number of thioether (sulfide) groups is 1. The van der Waals surface area contributed by atoms with Crippen LogP contribution in [0.15, 0.2) is 29.3 Å². The lowest BCUT2D eigenvalue weighted by Crippen LogP contribution is -2.43. The molecule has 1 aliphatic carbocycles. The van der Waals surface area contributed by atoms with Crippen molar-refractivity contribution in [3.8, 4) is 0 Å². The van der Waals surface area contributed by atoms with Crippen molar-refractivity contribution in [1.82, 2.24) is 10.6 Å². The number of nitrogens with one attached hydrogen (secondary N) is 2. The first-order chi connectivity index (χ1) is 10.7. The molecule has 2 N–H and O–H groups in total. The van der Waals surface area contributed by atoms with Gasteiger partial charge in [-0.1, -0.05) is 12.1 Å². The van der Waals surface area contributed by atoms with Gasteiger partial charge in [-0.05, 0) is 49.1 Å². The van der Waals surface area contributed by atoms with Crippen LogP contribution in [0.4, 0.5) is 4.39 Å². The van der Waals surface area contributed by atoms with E-state index in [-0.39, 0.29) is 35.2 Å². The topological polar surface area (TPSA) is 36.4 Å². The van der Waals surface area contributed by atoms with Crippen LogP contribution in [-0.4, -0.2) is 37.1 Å². The smallest absolute Gasteiger partial charge is 0.191 e. The third-order valence-corrected chi connectivity index (χ3v) is 6.05. The van der Waals surface area contributed by atoms with Gasteiger partial charge in [-0.25, -0.2) is 4.39 Å². The van der Waals surface area contributed by atoms with Crippen molar-refractivity contribution < 1.29 is 4.39 Å². The maximum Gasteiger partial charge on any atom is 0.191 e. The van der Waals surface area contributed by atoms with Crippen LogP contribution in [0.1, 0.15) is 31.2 Å². The van der Waals surface area contributed by atoms with Crippen LogP contribution in [0.2, 0.25) is 0 Å². The molecule has 6 heteroatoms. The van der Waals surface area contributed by atoms with Crippen LogP contribution in [0.3, 0.4) is 0 Å². The van der Waals surface area contributed by atoms with Gasteiger partial charge in [0.25, 0.3) is 0 Å². The Bertz CT molecular complexity index is 525. The number of guanidine groups is 1. The number of aliphatic imine (C=N–C) groups is 1. The molecule has 128 valence electrons. The third kappa shape index (κ3) is 4.98. The summed E-state index contributed by atoms with van der Waals surface area (Å²) < 4.78 is 13.1. The van der Waals surface area contributed by atoms with Crippen LogP contribution in [0, 0.1) is 5.82 Å². The van der Waals surface area contributed by atoms with Gasteiger partial charge in [0, 0.05) is 30.8 Å². The normalized spacial score (nSPS) is 22.3. The van der Waals surface area contributed by atoms with E-state index in [2.05, 4.69) is 15.6 Å². The van der Waals surface area contributed by atoms with Crippen LogP contribution in [0.5, 0.6) is 0 Å². The lowest BCUT2D eigenvalue weighted by molar-refractivity contribution is 0.617. The number of nitrogens with zero attached hydrogens (tertiary/aromatic N) is 1. The number of benzene rings is 1. The van der Waals surface area contributed by atoms with E-state index in [1.165, 1.54) is 24.2 Å². The van der Waals surface area contributed by atoms with Crippen molar-refractivity contribution >= 4 is 41.7 Å². The highest BCUT2D eigenvalue weighted by Gasteiger charge is 2.44. The molecule has 1 heterocycles. The molecule has 1 saturated carbocycles. The fourth-order valence-electron chi connectivity index (χ4n) is 3.01. The summed E-state index contributed by atoms with van der Waals surface area (Å²) in [5.74, 6) is 1.99. The van der Waals surface area contributed by atoms with Gasteiger partial charge in [0.1, 0.15) is 5.82 Å². The first-order valence-electron chi connectivity index (χ1n) is 8.04. The Labute approximate surface area is 159 Å². The summed E-state index contributed by atoms with van der Waals surface area (Å²) in [4.78, 5) is 4.31. The zero-order valence-corrected chi connectivity index (χ0v) is 16.6. The predicted molar refractivity (Wildman–Crippen MR) is 108 cm³/mol. The van der Waals surface area contributed by atoms with Crippen LogP contribution in [-0.2, 0) is 5.41 Å². The minimum Gasteiger partial charge on any atom is -0.356 e. The van der Waals surface area contributed by atoms with Gasteiger partial charge in [0.2, 0.25) is 0 Å². The highest BCUT2D eigenvalue weighted by atomic mass is 127. The van der Waals surface area contributed by atoms with E-state index in [0.717, 1.165) is 31.9 Å². The standard InChI is InChI=1S/C17H24FN3S.HI/c1-19-16(20-11-15-3-2-10-22-15)21-12-17(8-9-17)13-4-6-14(18)7-5-13;/h4-7,15H,2-3,8-12H2,1H3,(H2,19,20,21);1H. The van der Waals surface area contributed by atoms with E-state index in [1.807, 2.05) is 30.9 Å². The van der Waals surface area contributed by atoms with Crippen molar-refractivity contribution in [2.45, 2.75) is 36.3 Å². The summed E-state index contributed by atoms with van der Waals surface area (Å²) in [7, 11) is 1.81. The fraction of sp³-hybridized carbons (Fsp3) is 0.588. The van der Waals surface area contributed by atoms with Crippen molar-refractivity contribution in [3.05, 3.63) is 35.6 Å². The molecule has 1 unspecified atom stereocenters. The minimum atomic E-state index is -0.168. The molecule has 0 amide bonds. The van der Waals surface area contributed by atoms with E-state index < -0.39 is 0 Å². The maximum absolute atomic E-state index is 13.1. The molecule has 0 radical (unpaired) electrons. The van der Waals surface area contributed by atoms with E-state index in [9.17, 15) is 4.39 Å². The van der Waals surface area contributed by atoms with E-state index in [0.29, 0.717) is 5.25 Å². The second-order valence-electron chi connectivity index (χ2n) is 6.23. The van der Waals surface area contributed by atoms with Crippen molar-refractivity contribution in [2.24, 2.45) is 4.99 Å². The second-order valence-corrected chi connectivity index (χ2v) is 7.64. The maximum atomic E-state index is 13.1. The predicted octanol–water partition coefficient (Wildman–Crippen LogP) is 3.54. The van der Waals surface area contributed by atoms with Crippen molar-refractivity contribution in [3.63, 3.8) is 0 Å². The number of halogens is 2. The molecule has 1 aromatic rings. The molecule has 1 aliphatic heterocycles. The first kappa shape index (κ1) is 18.8. The van der Waals surface area contributed by atoms with Gasteiger partial charge in [0.05, 0.1) is 0 Å². The van der Waals surface area contributed by atoms with Crippen molar-refractivity contribution in [2.75, 3.05) is 25.9 Å². The van der Waals surface area contributed by atoms with E-state index in [1.54, 1.807) is 12.1 Å². The average molecular weight is 449 g/mol. The number of rotatable bonds is 5. The average Bonchev–Trinajstić information content (AvgIpc) is 3.14. The number of hydrogen-bond donors (Lipinski definition) is 2. The molecule has 1 aromatic carbocycles. The lowest BCUT2D eigenvalue weighted by Gasteiger charge is -2.20. The van der Waals surface area contributed by atoms with Crippen LogP contribution < -0.4 is 10.6 Å². The molecular weight excluding hydrogens is 424 g/mol. The number of hydrogen-bond acceptors (Lipinski definition) is 2. The van der Waals surface area contributed by atoms with Gasteiger partial charge >= 0.3 is 0 Å². The van der Waals surface area contributed by atoms with E-state index >= 15 is 0 Å². The van der Waals surface area contributed by atoms with Gasteiger partial charge < -0.3 is 10.6 Å². The van der Waals surface area contributed by atoms with E-state index in [4.69, 9.17) is 0 Å². The Hall–Kier alpha value is -0.500. The summed E-state index contributed by atoms with van der Waals surface area (Å²) >= 11 is 2.05. The summed E-state index contributed by atoms with van der Waals surface area (Å²) in [6, 6.07) is 6.93. The molecule has 0 bridgehead atoms. The second kappa shape index (κ2) is 8.55. The molecular formula is C17H25FIN3S. The zero-order chi connectivity index (χ0) is 15.4. The summed E-state index contributed by atoms with van der Waals surface area (Å²) in [6.07, 6.45) is 4.94. The fourth-order valence-corrected chi connectivity index (χ4v) is 4.21. The molecule has 2 fully saturated rings. The largest absolute Gasteiger partial charge is 0.356 e. The Morgan fingerprint density at radius 1 is 1.30 bits per heavy atom. The summed E-state index contributed by atoms with van der Waals surface area (Å²) in [6.45, 7) is 1.84. The summed E-state index contributed by atoms with van der Waals surface area (Å²) in [5, 5.41) is 7.59. The summed E-state index contributed by atoms with van der Waals surface area (Å²) in [5.41, 5.74) is 1.39. The molecule has 0 aromatic heterocycles. The molecule has 0 spiro atoms. The molecule has 3 rings (SSSR count). The minimum absolute atomic E-state index is 0. The zero-order valence-electron chi connectivity index (χ0n) is 13.5. The van der Waals surface area contributed by atoms with Crippen LogP contribution >= 0.6 is 35.7 Å². The van der Waals surface area contributed by atoms with Crippen molar-refractivity contribution in [1.29, 1.82) is 0 Å². The van der Waals surface area contributed by atoms with Gasteiger partial charge in [-0.2, -0.15) is 11.8 Å². The monoisotopic (exact) mass is 449 g/mol. The van der Waals surface area contributed by atoms with Gasteiger partial charge in [-0.3, -0.25) is 4.99 Å². The molecule has 2 aliphatic rings. The van der Waals surface area contributed by atoms with Gasteiger partial charge in [-0.15, -0.1) is 24.0 Å². The Morgan fingerprint density at radius 3 is 2.61 bits per heavy atom. The molecule has 1 saturated heterocycles. The Kier molecular flexibility index (Phi) is 7.00. The third-order valence-electron chi connectivity index (χ3n) is 4.65.